The SMILES string of the molecule is CC[C@@H](O)/C=C/C=C\C/C=C\C/C=C\C/C=C\CCCC(=O)O[C@H](COC(=O)CCCCCCCCCCCCCCCC(C)C)COP(=O)(O)OC[C@@H](O)CO. The maximum atomic E-state index is 12.6. The lowest BCUT2D eigenvalue weighted by Crippen LogP contribution is -2.29. The molecule has 4 atom stereocenters. The van der Waals surface area contributed by atoms with Crippen LogP contribution in [0.3, 0.4) is 0 Å². The van der Waals surface area contributed by atoms with Gasteiger partial charge in [-0.1, -0.05) is 165 Å². The Hall–Kier alpha value is -2.37. The van der Waals surface area contributed by atoms with E-state index in [2.05, 4.69) is 42.7 Å². The van der Waals surface area contributed by atoms with Gasteiger partial charge in [0.05, 0.1) is 25.9 Å². The predicted octanol–water partition coefficient (Wildman–Crippen LogP) is 10.3. The molecule has 4 N–H and O–H groups in total. The van der Waals surface area contributed by atoms with Gasteiger partial charge in [-0.2, -0.15) is 0 Å². The highest BCUT2D eigenvalue weighted by Crippen LogP contribution is 2.43. The third kappa shape index (κ3) is 40.2. The summed E-state index contributed by atoms with van der Waals surface area (Å²) in [5.41, 5.74) is 0. The minimum absolute atomic E-state index is 0.0907. The summed E-state index contributed by atoms with van der Waals surface area (Å²) < 4.78 is 32.6. The average molecular weight is 827 g/mol. The summed E-state index contributed by atoms with van der Waals surface area (Å²) >= 11 is 0. The second kappa shape index (κ2) is 39.1. The molecule has 1 unspecified atom stereocenters. The third-order valence-electron chi connectivity index (χ3n) is 9.02. The molecule has 0 rings (SSSR count). The number of esters is 2. The first-order chi connectivity index (χ1) is 27.5. The molecule has 0 fully saturated rings. The summed E-state index contributed by atoms with van der Waals surface area (Å²) in [5.74, 6) is -0.203. The number of unbranched alkanes of at least 4 members (excludes halogenated alkanes) is 13. The molecule has 0 aromatic heterocycles. The highest BCUT2D eigenvalue weighted by molar-refractivity contribution is 7.47. The van der Waals surface area contributed by atoms with E-state index in [1.807, 2.05) is 37.3 Å². The van der Waals surface area contributed by atoms with Crippen LogP contribution < -0.4 is 0 Å². The number of hydrogen-bond acceptors (Lipinski definition) is 10. The van der Waals surface area contributed by atoms with Gasteiger partial charge in [0.1, 0.15) is 12.7 Å². The second-order valence-corrected chi connectivity index (χ2v) is 16.5. The van der Waals surface area contributed by atoms with Crippen LogP contribution in [-0.4, -0.2) is 76.9 Å². The summed E-state index contributed by atoms with van der Waals surface area (Å²) in [6, 6.07) is 0. The Morgan fingerprint density at radius 1 is 0.632 bits per heavy atom. The number of phosphoric acid groups is 1. The van der Waals surface area contributed by atoms with Gasteiger partial charge in [0.25, 0.3) is 0 Å². The summed E-state index contributed by atoms with van der Waals surface area (Å²) in [4.78, 5) is 35.0. The normalized spacial score (nSPS) is 15.1. The van der Waals surface area contributed by atoms with Crippen LogP contribution in [0.4, 0.5) is 0 Å². The molecular weight excluding hydrogens is 747 g/mol. The Kier molecular flexibility index (Phi) is 37.5. The lowest BCUT2D eigenvalue weighted by atomic mass is 10.0. The van der Waals surface area contributed by atoms with E-state index in [0.29, 0.717) is 25.7 Å². The summed E-state index contributed by atoms with van der Waals surface area (Å²) in [6.07, 6.45) is 38.6. The molecular formula is C45H79O11P. The van der Waals surface area contributed by atoms with E-state index < -0.39 is 57.9 Å². The van der Waals surface area contributed by atoms with Crippen molar-refractivity contribution in [3.8, 4) is 0 Å². The van der Waals surface area contributed by atoms with Crippen molar-refractivity contribution in [2.24, 2.45) is 5.92 Å². The van der Waals surface area contributed by atoms with Gasteiger partial charge in [-0.3, -0.25) is 18.6 Å². The molecule has 0 aliphatic heterocycles. The lowest BCUT2D eigenvalue weighted by Gasteiger charge is -2.20. The first kappa shape index (κ1) is 54.6. The summed E-state index contributed by atoms with van der Waals surface area (Å²) in [5, 5.41) is 27.8. The smallest absolute Gasteiger partial charge is 0.462 e. The molecule has 0 aliphatic carbocycles. The highest BCUT2D eigenvalue weighted by atomic mass is 31.2. The standard InChI is InChI=1S/C45H79O11P/c1-4-41(47)33-29-25-21-17-13-9-5-6-10-15-19-23-27-31-35-45(50)56-43(39-55-57(51,52)54-37-42(48)36-46)38-53-44(49)34-30-26-22-18-14-11-7-8-12-16-20-24-28-32-40(2)3/h6,9-10,13,19,21,23,25,29,33,40-43,46-48H,4-5,7-8,11-12,14-18,20,22,24,26-28,30-32,34-39H2,1-3H3,(H,51,52)/b10-6-,13-9-,23-19-,25-21-,33-29+/t41-,42+,43-/m1/s1. The monoisotopic (exact) mass is 827 g/mol. The van der Waals surface area contributed by atoms with Crippen LogP contribution in [0.25, 0.3) is 0 Å². The molecule has 11 nitrogen and oxygen atoms in total. The average Bonchev–Trinajstić information content (AvgIpc) is 3.18. The molecule has 0 amide bonds. The number of carbonyl (C=O) groups excluding carboxylic acids is 2. The number of rotatable bonds is 39. The van der Waals surface area contributed by atoms with Crippen LogP contribution in [0.15, 0.2) is 60.8 Å². The van der Waals surface area contributed by atoms with Crippen LogP contribution in [0.5, 0.6) is 0 Å². The zero-order valence-corrected chi connectivity index (χ0v) is 36.5. The van der Waals surface area contributed by atoms with Gasteiger partial charge >= 0.3 is 19.8 Å². The lowest BCUT2D eigenvalue weighted by molar-refractivity contribution is -0.161. The Balaban J connectivity index is 4.41. The van der Waals surface area contributed by atoms with Crippen LogP contribution in [0.2, 0.25) is 0 Å². The maximum Gasteiger partial charge on any atom is 0.472 e. The van der Waals surface area contributed by atoms with Crippen LogP contribution >= 0.6 is 7.82 Å². The first-order valence-electron chi connectivity index (χ1n) is 21.7. The van der Waals surface area contributed by atoms with E-state index in [9.17, 15) is 29.3 Å². The van der Waals surface area contributed by atoms with Crippen molar-refractivity contribution in [2.45, 2.75) is 180 Å². The molecule has 0 saturated carbocycles. The van der Waals surface area contributed by atoms with Gasteiger partial charge in [0, 0.05) is 12.8 Å². The molecule has 0 aromatic rings. The largest absolute Gasteiger partial charge is 0.472 e. The van der Waals surface area contributed by atoms with Crippen molar-refractivity contribution in [3.63, 3.8) is 0 Å². The van der Waals surface area contributed by atoms with Crippen LogP contribution in [0.1, 0.15) is 162 Å². The Bertz CT molecular complexity index is 1160. The second-order valence-electron chi connectivity index (χ2n) is 15.0. The predicted molar refractivity (Wildman–Crippen MR) is 229 cm³/mol. The Morgan fingerprint density at radius 2 is 1.14 bits per heavy atom. The number of ether oxygens (including phenoxy) is 2. The van der Waals surface area contributed by atoms with E-state index in [-0.39, 0.29) is 19.4 Å². The molecule has 0 aliphatic rings. The van der Waals surface area contributed by atoms with Crippen LogP contribution in [0, 0.1) is 5.92 Å². The molecule has 330 valence electrons. The van der Waals surface area contributed by atoms with Crippen molar-refractivity contribution < 1.29 is 52.9 Å². The van der Waals surface area contributed by atoms with Gasteiger partial charge in [0.15, 0.2) is 6.10 Å². The van der Waals surface area contributed by atoms with E-state index in [0.717, 1.165) is 44.4 Å². The van der Waals surface area contributed by atoms with Gasteiger partial charge in [-0.05, 0) is 50.9 Å². The number of phosphoric ester groups is 1. The van der Waals surface area contributed by atoms with Crippen molar-refractivity contribution in [1.29, 1.82) is 0 Å². The zero-order valence-electron chi connectivity index (χ0n) is 35.6. The zero-order chi connectivity index (χ0) is 42.2. The number of aliphatic hydroxyl groups is 3. The molecule has 57 heavy (non-hydrogen) atoms. The van der Waals surface area contributed by atoms with E-state index in [4.69, 9.17) is 19.1 Å². The number of hydrogen-bond donors (Lipinski definition) is 4. The van der Waals surface area contributed by atoms with E-state index in [1.165, 1.54) is 64.2 Å². The fourth-order valence-corrected chi connectivity index (χ4v) is 6.31. The molecule has 0 heterocycles. The first-order valence-corrected chi connectivity index (χ1v) is 23.2. The van der Waals surface area contributed by atoms with Crippen molar-refractivity contribution >= 4 is 19.8 Å². The number of allylic oxidation sites excluding steroid dienone is 9. The van der Waals surface area contributed by atoms with Gasteiger partial charge in [-0.25, -0.2) is 4.57 Å². The summed E-state index contributed by atoms with van der Waals surface area (Å²) in [7, 11) is -4.64. The van der Waals surface area contributed by atoms with Gasteiger partial charge in [0.2, 0.25) is 0 Å². The van der Waals surface area contributed by atoms with Crippen LogP contribution in [-0.2, 0) is 32.7 Å². The van der Waals surface area contributed by atoms with E-state index >= 15 is 0 Å². The topological polar surface area (TPSA) is 169 Å². The Labute approximate surface area is 345 Å². The Morgan fingerprint density at radius 3 is 1.70 bits per heavy atom. The number of carbonyl (C=O) groups is 2. The van der Waals surface area contributed by atoms with Gasteiger partial charge in [-0.15, -0.1) is 0 Å². The molecule has 0 spiro atoms. The maximum absolute atomic E-state index is 12.6. The van der Waals surface area contributed by atoms with Gasteiger partial charge < -0.3 is 29.7 Å². The van der Waals surface area contributed by atoms with Crippen molar-refractivity contribution in [3.05, 3.63) is 60.8 Å². The third-order valence-corrected chi connectivity index (χ3v) is 9.97. The fourth-order valence-electron chi connectivity index (χ4n) is 5.52. The minimum Gasteiger partial charge on any atom is -0.462 e. The molecule has 0 radical (unpaired) electrons. The van der Waals surface area contributed by atoms with Crippen molar-refractivity contribution in [1.82, 2.24) is 0 Å². The van der Waals surface area contributed by atoms with Crippen molar-refractivity contribution in [2.75, 3.05) is 26.4 Å². The van der Waals surface area contributed by atoms with E-state index in [1.54, 1.807) is 6.08 Å². The number of aliphatic hydroxyl groups excluding tert-OH is 3. The molecule has 12 heteroatoms. The quantitative estimate of drug-likeness (QED) is 0.0153. The summed E-state index contributed by atoms with van der Waals surface area (Å²) in [6.45, 7) is 4.30. The molecule has 0 saturated heterocycles. The molecule has 0 aromatic carbocycles. The fraction of sp³-hybridized carbons (Fsp3) is 0.733. The highest BCUT2D eigenvalue weighted by Gasteiger charge is 2.27. The molecule has 0 bridgehead atoms. The minimum atomic E-state index is -4.64.